The molecule has 2 amide bonds. The summed E-state index contributed by atoms with van der Waals surface area (Å²) in [5.74, 6) is 1.02. The maximum atomic E-state index is 13.2. The number of thiophene rings is 1. The van der Waals surface area contributed by atoms with E-state index in [2.05, 4.69) is 24.1 Å². The SMILES string of the molecule is COc1ccc(C)cc1NC(=O)c1sc2ncn(CC(=O)N3C[C@H](C)C[C@@H](C)C3)c(=O)c2c1C. The van der Waals surface area contributed by atoms with Crippen LogP contribution in [0.2, 0.25) is 0 Å². The van der Waals surface area contributed by atoms with Crippen molar-refractivity contribution in [3.8, 4) is 5.75 Å². The lowest BCUT2D eigenvalue weighted by Gasteiger charge is -2.35. The van der Waals surface area contributed by atoms with E-state index in [1.807, 2.05) is 24.0 Å². The number of carbonyl (C=O) groups excluding carboxylic acids is 2. The Morgan fingerprint density at radius 2 is 1.91 bits per heavy atom. The minimum atomic E-state index is -0.331. The Hall–Kier alpha value is -3.20. The lowest BCUT2D eigenvalue weighted by Crippen LogP contribution is -2.44. The van der Waals surface area contributed by atoms with Gasteiger partial charge in [-0.15, -0.1) is 11.3 Å². The van der Waals surface area contributed by atoms with Gasteiger partial charge in [0, 0.05) is 13.1 Å². The average Bonchev–Trinajstić information content (AvgIpc) is 3.12. The van der Waals surface area contributed by atoms with Crippen molar-refractivity contribution in [2.24, 2.45) is 11.8 Å². The zero-order valence-corrected chi connectivity index (χ0v) is 21.0. The predicted octanol–water partition coefficient (Wildman–Crippen LogP) is 3.84. The fourth-order valence-corrected chi connectivity index (χ4v) is 5.73. The summed E-state index contributed by atoms with van der Waals surface area (Å²) in [6, 6.07) is 5.53. The first-order valence-electron chi connectivity index (χ1n) is 11.4. The van der Waals surface area contributed by atoms with Crippen LogP contribution in [0.1, 0.15) is 41.1 Å². The van der Waals surface area contributed by atoms with Crippen LogP contribution in [0.3, 0.4) is 0 Å². The van der Waals surface area contributed by atoms with Gasteiger partial charge < -0.3 is 15.0 Å². The molecule has 3 heterocycles. The summed E-state index contributed by atoms with van der Waals surface area (Å²) in [5, 5.41) is 3.26. The molecule has 0 unspecified atom stereocenters. The largest absolute Gasteiger partial charge is 0.495 e. The molecule has 2 aromatic heterocycles. The van der Waals surface area contributed by atoms with E-state index in [4.69, 9.17) is 4.74 Å². The summed E-state index contributed by atoms with van der Waals surface area (Å²) in [4.78, 5) is 46.3. The number of nitrogens with zero attached hydrogens (tertiary/aromatic N) is 3. The minimum absolute atomic E-state index is 0.0570. The van der Waals surface area contributed by atoms with Gasteiger partial charge in [-0.1, -0.05) is 19.9 Å². The van der Waals surface area contributed by atoms with Crippen molar-refractivity contribution in [3.63, 3.8) is 0 Å². The standard InChI is InChI=1S/C25H30N4O4S/c1-14-6-7-19(33-5)18(9-14)27-23(31)22-17(4)21-24(34-22)26-13-29(25(21)32)12-20(30)28-10-15(2)8-16(3)11-28/h6-7,9,13,15-16H,8,10-12H2,1-5H3,(H,27,31)/t15-,16-/m1/s1. The van der Waals surface area contributed by atoms with Gasteiger partial charge in [0.2, 0.25) is 5.91 Å². The Labute approximate surface area is 202 Å². The number of amides is 2. The molecule has 34 heavy (non-hydrogen) atoms. The maximum Gasteiger partial charge on any atom is 0.266 e. The molecule has 4 rings (SSSR count). The second kappa shape index (κ2) is 9.58. The number of aryl methyl sites for hydroxylation is 2. The van der Waals surface area contributed by atoms with Crippen molar-refractivity contribution in [3.05, 3.63) is 50.9 Å². The molecule has 1 aliphatic heterocycles. The molecule has 8 nitrogen and oxygen atoms in total. The minimum Gasteiger partial charge on any atom is -0.495 e. The first kappa shape index (κ1) is 23.9. The fourth-order valence-electron chi connectivity index (χ4n) is 4.70. The maximum absolute atomic E-state index is 13.2. The smallest absolute Gasteiger partial charge is 0.266 e. The molecular formula is C25H30N4O4S. The van der Waals surface area contributed by atoms with Crippen LogP contribution in [0, 0.1) is 25.7 Å². The molecule has 1 saturated heterocycles. The Morgan fingerprint density at radius 1 is 1.21 bits per heavy atom. The highest BCUT2D eigenvalue weighted by Gasteiger charge is 2.26. The van der Waals surface area contributed by atoms with E-state index in [1.165, 1.54) is 22.2 Å². The van der Waals surface area contributed by atoms with Crippen molar-refractivity contribution in [2.75, 3.05) is 25.5 Å². The van der Waals surface area contributed by atoms with Crippen molar-refractivity contribution >= 4 is 39.1 Å². The summed E-state index contributed by atoms with van der Waals surface area (Å²) < 4.78 is 6.70. The summed E-state index contributed by atoms with van der Waals surface area (Å²) in [6.45, 7) is 9.31. The number of fused-ring (bicyclic) bond motifs is 1. The zero-order valence-electron chi connectivity index (χ0n) is 20.2. The van der Waals surface area contributed by atoms with Crippen LogP contribution in [-0.2, 0) is 11.3 Å². The molecule has 0 bridgehead atoms. The number of likely N-dealkylation sites (tertiary alicyclic amines) is 1. The van der Waals surface area contributed by atoms with E-state index in [1.54, 1.807) is 20.1 Å². The number of anilines is 1. The van der Waals surface area contributed by atoms with Gasteiger partial charge >= 0.3 is 0 Å². The first-order chi connectivity index (χ1) is 16.2. The number of rotatable bonds is 5. The van der Waals surface area contributed by atoms with E-state index in [-0.39, 0.29) is 23.9 Å². The molecular weight excluding hydrogens is 452 g/mol. The molecule has 0 aliphatic carbocycles. The molecule has 1 N–H and O–H groups in total. The van der Waals surface area contributed by atoms with Crippen molar-refractivity contribution in [1.82, 2.24) is 14.5 Å². The van der Waals surface area contributed by atoms with Gasteiger partial charge in [0.05, 0.1) is 29.4 Å². The molecule has 0 saturated carbocycles. The highest BCUT2D eigenvalue weighted by Crippen LogP contribution is 2.30. The van der Waals surface area contributed by atoms with Crippen LogP contribution >= 0.6 is 11.3 Å². The van der Waals surface area contributed by atoms with E-state index < -0.39 is 0 Å². The Bertz CT molecular complexity index is 1300. The number of piperidine rings is 1. The first-order valence-corrected chi connectivity index (χ1v) is 12.2. The Kier molecular flexibility index (Phi) is 6.74. The molecule has 1 aromatic carbocycles. The number of hydrogen-bond acceptors (Lipinski definition) is 6. The molecule has 2 atom stereocenters. The molecule has 0 spiro atoms. The van der Waals surface area contributed by atoms with E-state index >= 15 is 0 Å². The molecule has 1 fully saturated rings. The van der Waals surface area contributed by atoms with Gasteiger partial charge in [0.15, 0.2) is 0 Å². The quantitative estimate of drug-likeness (QED) is 0.596. The number of benzene rings is 1. The van der Waals surface area contributed by atoms with Crippen LogP contribution in [0.4, 0.5) is 5.69 Å². The summed E-state index contributed by atoms with van der Waals surface area (Å²) in [7, 11) is 1.55. The number of methoxy groups -OCH3 is 1. The summed E-state index contributed by atoms with van der Waals surface area (Å²) in [5.41, 5.74) is 1.79. The fraction of sp³-hybridized carbons (Fsp3) is 0.440. The van der Waals surface area contributed by atoms with Gasteiger partial charge in [0.25, 0.3) is 11.5 Å². The Morgan fingerprint density at radius 3 is 2.59 bits per heavy atom. The van der Waals surface area contributed by atoms with E-state index in [0.717, 1.165) is 12.0 Å². The number of nitrogens with one attached hydrogen (secondary N) is 1. The average molecular weight is 483 g/mol. The molecule has 3 aromatic rings. The molecule has 0 radical (unpaired) electrons. The molecule has 1 aliphatic rings. The van der Waals surface area contributed by atoms with Gasteiger partial charge in [-0.2, -0.15) is 0 Å². The zero-order chi connectivity index (χ0) is 24.6. The van der Waals surface area contributed by atoms with Crippen LogP contribution in [0.5, 0.6) is 5.75 Å². The second-order valence-electron chi connectivity index (χ2n) is 9.32. The number of hydrogen-bond donors (Lipinski definition) is 1. The number of aromatic nitrogens is 2. The summed E-state index contributed by atoms with van der Waals surface area (Å²) >= 11 is 1.17. The molecule has 9 heteroatoms. The number of ether oxygens (including phenoxy) is 1. The van der Waals surface area contributed by atoms with Crippen molar-refractivity contribution in [2.45, 2.75) is 40.7 Å². The van der Waals surface area contributed by atoms with Crippen LogP contribution in [-0.4, -0.2) is 46.5 Å². The van der Waals surface area contributed by atoms with Gasteiger partial charge in [-0.25, -0.2) is 4.98 Å². The highest BCUT2D eigenvalue weighted by molar-refractivity contribution is 7.20. The predicted molar refractivity (Wildman–Crippen MR) is 134 cm³/mol. The van der Waals surface area contributed by atoms with Crippen LogP contribution in [0.25, 0.3) is 10.2 Å². The van der Waals surface area contributed by atoms with Crippen LogP contribution < -0.4 is 15.6 Å². The lowest BCUT2D eigenvalue weighted by atomic mass is 9.92. The van der Waals surface area contributed by atoms with Gasteiger partial charge in [-0.05, 0) is 55.4 Å². The van der Waals surface area contributed by atoms with E-state index in [0.29, 0.717) is 57.0 Å². The third kappa shape index (κ3) is 4.70. The monoisotopic (exact) mass is 482 g/mol. The van der Waals surface area contributed by atoms with Crippen LogP contribution in [0.15, 0.2) is 29.3 Å². The normalized spacial score (nSPS) is 18.2. The number of carbonyl (C=O) groups is 2. The van der Waals surface area contributed by atoms with Crippen molar-refractivity contribution < 1.29 is 14.3 Å². The third-order valence-electron chi connectivity index (χ3n) is 6.25. The third-order valence-corrected chi connectivity index (χ3v) is 7.45. The summed E-state index contributed by atoms with van der Waals surface area (Å²) in [6.07, 6.45) is 2.51. The molecule has 180 valence electrons. The van der Waals surface area contributed by atoms with Gasteiger partial charge in [-0.3, -0.25) is 19.0 Å². The lowest BCUT2D eigenvalue weighted by molar-refractivity contribution is -0.134. The van der Waals surface area contributed by atoms with Gasteiger partial charge in [0.1, 0.15) is 17.1 Å². The van der Waals surface area contributed by atoms with Crippen molar-refractivity contribution in [1.29, 1.82) is 0 Å². The Balaban J connectivity index is 1.60. The van der Waals surface area contributed by atoms with E-state index in [9.17, 15) is 14.4 Å². The second-order valence-corrected chi connectivity index (χ2v) is 10.3. The topological polar surface area (TPSA) is 93.5 Å². The highest BCUT2D eigenvalue weighted by atomic mass is 32.1.